The van der Waals surface area contributed by atoms with E-state index in [0.717, 1.165) is 33.2 Å². The highest BCUT2D eigenvalue weighted by molar-refractivity contribution is 5.97. The molecule has 0 heterocycles. The average Bonchev–Trinajstić information content (AvgIpc) is 2.87. The summed E-state index contributed by atoms with van der Waals surface area (Å²) in [5.41, 5.74) is 2.11. The zero-order chi connectivity index (χ0) is 26.7. The van der Waals surface area contributed by atoms with Gasteiger partial charge < -0.3 is 19.9 Å². The van der Waals surface area contributed by atoms with Crippen molar-refractivity contribution in [3.63, 3.8) is 0 Å². The number of methoxy groups -OCH3 is 1. The van der Waals surface area contributed by atoms with E-state index in [-0.39, 0.29) is 17.8 Å². The minimum absolute atomic E-state index is 0.0141. The Kier molecular flexibility index (Phi) is 7.50. The molecule has 5 nitrogen and oxygen atoms in total. The zero-order valence-corrected chi connectivity index (χ0v) is 21.7. The molecule has 0 amide bonds. The molecule has 0 saturated carbocycles. The summed E-state index contributed by atoms with van der Waals surface area (Å²) in [4.78, 5) is 11.6. The van der Waals surface area contributed by atoms with Crippen LogP contribution in [0.1, 0.15) is 50.9 Å². The molecule has 6 heteroatoms. The molecule has 0 aliphatic heterocycles. The van der Waals surface area contributed by atoms with Crippen LogP contribution in [0.4, 0.5) is 4.39 Å². The van der Waals surface area contributed by atoms with Crippen LogP contribution in [0.15, 0.2) is 78.9 Å². The number of hydrogen-bond donors (Lipinski definition) is 2. The number of carboxylic acid groups (broad SMARTS) is 1. The van der Waals surface area contributed by atoms with Crippen molar-refractivity contribution in [3.05, 3.63) is 95.8 Å². The highest BCUT2D eigenvalue weighted by Crippen LogP contribution is 2.35. The van der Waals surface area contributed by atoms with Crippen LogP contribution in [0.5, 0.6) is 11.5 Å². The van der Waals surface area contributed by atoms with Crippen molar-refractivity contribution in [3.8, 4) is 22.6 Å². The van der Waals surface area contributed by atoms with Gasteiger partial charge in [-0.25, -0.2) is 9.18 Å². The van der Waals surface area contributed by atoms with Crippen molar-refractivity contribution >= 4 is 16.7 Å². The van der Waals surface area contributed by atoms with E-state index in [2.05, 4.69) is 37.4 Å². The normalized spacial score (nSPS) is 13.2. The van der Waals surface area contributed by atoms with Crippen LogP contribution in [-0.4, -0.2) is 23.8 Å². The van der Waals surface area contributed by atoms with Crippen molar-refractivity contribution in [2.75, 3.05) is 7.11 Å². The summed E-state index contributed by atoms with van der Waals surface area (Å²) in [6, 6.07) is 24.5. The molecule has 4 aromatic carbocycles. The van der Waals surface area contributed by atoms with E-state index in [9.17, 15) is 14.3 Å². The standard InChI is InChI=1S/C31H32FNO4/c1-19(21-10-8-11-26(15-21)36-5)33-20(2)23-13-22-9-6-7-12-28(22)29(17-23)24-14-25(32)18-27(16-24)37-31(3,4)30(34)35/h6-20,33H,1-5H3,(H,34,35)/t19-,20?/m1/s1. The van der Waals surface area contributed by atoms with Gasteiger partial charge in [-0.1, -0.05) is 36.4 Å². The SMILES string of the molecule is COc1cccc([C@@H](C)NC(C)c2cc(-c3cc(F)cc(OC(C)(C)C(=O)O)c3)c3ccccc3c2)c1. The van der Waals surface area contributed by atoms with Crippen molar-refractivity contribution in [2.24, 2.45) is 0 Å². The molecule has 0 aliphatic carbocycles. The molecule has 0 aliphatic rings. The third kappa shape index (κ3) is 5.92. The number of benzene rings is 4. The van der Waals surface area contributed by atoms with Crippen LogP contribution in [-0.2, 0) is 4.79 Å². The van der Waals surface area contributed by atoms with Gasteiger partial charge in [-0.3, -0.25) is 0 Å². The molecule has 2 atom stereocenters. The Morgan fingerprint density at radius 2 is 1.62 bits per heavy atom. The van der Waals surface area contributed by atoms with E-state index < -0.39 is 17.4 Å². The molecule has 4 aromatic rings. The minimum Gasteiger partial charge on any atom is -0.497 e. The first-order valence-corrected chi connectivity index (χ1v) is 12.2. The largest absolute Gasteiger partial charge is 0.497 e. The molecule has 2 N–H and O–H groups in total. The minimum atomic E-state index is -1.50. The Labute approximate surface area is 216 Å². The van der Waals surface area contributed by atoms with Crippen LogP contribution in [0.25, 0.3) is 21.9 Å². The molecule has 0 bridgehead atoms. The number of fused-ring (bicyclic) bond motifs is 1. The van der Waals surface area contributed by atoms with Gasteiger partial charge in [0.15, 0.2) is 5.60 Å². The molecule has 4 rings (SSSR count). The maximum Gasteiger partial charge on any atom is 0.347 e. The first-order chi connectivity index (χ1) is 17.6. The third-order valence-corrected chi connectivity index (χ3v) is 6.55. The highest BCUT2D eigenvalue weighted by atomic mass is 19.1. The van der Waals surface area contributed by atoms with Crippen molar-refractivity contribution < 1.29 is 23.8 Å². The summed E-state index contributed by atoms with van der Waals surface area (Å²) in [5.74, 6) is -0.659. The quantitative estimate of drug-likeness (QED) is 0.252. The summed E-state index contributed by atoms with van der Waals surface area (Å²) in [6.07, 6.45) is 0. The Bertz CT molecular complexity index is 1430. The Hall–Kier alpha value is -3.90. The summed E-state index contributed by atoms with van der Waals surface area (Å²) >= 11 is 0. The number of hydrogen-bond acceptors (Lipinski definition) is 4. The maximum atomic E-state index is 14.7. The fourth-order valence-corrected chi connectivity index (χ4v) is 4.42. The number of nitrogens with one attached hydrogen (secondary N) is 1. The van der Waals surface area contributed by atoms with Gasteiger partial charge >= 0.3 is 5.97 Å². The van der Waals surface area contributed by atoms with E-state index in [1.54, 1.807) is 13.2 Å². The smallest absolute Gasteiger partial charge is 0.347 e. The number of ether oxygens (including phenoxy) is 2. The molecule has 0 saturated heterocycles. The van der Waals surface area contributed by atoms with E-state index in [1.807, 2.05) is 42.5 Å². The van der Waals surface area contributed by atoms with Crippen molar-refractivity contribution in [2.45, 2.75) is 45.4 Å². The number of halogens is 1. The number of rotatable bonds is 9. The predicted molar refractivity (Wildman–Crippen MR) is 145 cm³/mol. The molecule has 0 fully saturated rings. The number of carbonyl (C=O) groups is 1. The van der Waals surface area contributed by atoms with Gasteiger partial charge in [0.2, 0.25) is 0 Å². The van der Waals surface area contributed by atoms with Crippen LogP contribution < -0.4 is 14.8 Å². The highest BCUT2D eigenvalue weighted by Gasteiger charge is 2.29. The van der Waals surface area contributed by atoms with Gasteiger partial charge in [-0.15, -0.1) is 0 Å². The molecule has 1 unspecified atom stereocenters. The number of aliphatic carboxylic acids is 1. The van der Waals surface area contributed by atoms with Crippen LogP contribution in [0, 0.1) is 5.82 Å². The van der Waals surface area contributed by atoms with E-state index in [4.69, 9.17) is 9.47 Å². The van der Waals surface area contributed by atoms with Gasteiger partial charge in [0, 0.05) is 18.2 Å². The Morgan fingerprint density at radius 3 is 2.35 bits per heavy atom. The number of carboxylic acids is 1. The van der Waals surface area contributed by atoms with Gasteiger partial charge in [0.1, 0.15) is 17.3 Å². The van der Waals surface area contributed by atoms with Crippen LogP contribution in [0.3, 0.4) is 0 Å². The van der Waals surface area contributed by atoms with E-state index in [0.29, 0.717) is 5.56 Å². The second kappa shape index (κ2) is 10.6. The lowest BCUT2D eigenvalue weighted by Gasteiger charge is -2.23. The fourth-order valence-electron chi connectivity index (χ4n) is 4.42. The van der Waals surface area contributed by atoms with Crippen molar-refractivity contribution in [1.29, 1.82) is 0 Å². The monoisotopic (exact) mass is 501 g/mol. The molecule has 0 spiro atoms. The molecule has 0 aromatic heterocycles. The lowest BCUT2D eigenvalue weighted by atomic mass is 9.93. The molecule has 37 heavy (non-hydrogen) atoms. The first-order valence-electron chi connectivity index (χ1n) is 12.2. The molecular formula is C31H32FNO4. The van der Waals surface area contributed by atoms with Gasteiger partial charge in [0.25, 0.3) is 0 Å². The second-order valence-corrected chi connectivity index (χ2v) is 9.77. The topological polar surface area (TPSA) is 67.8 Å². The predicted octanol–water partition coefficient (Wildman–Crippen LogP) is 7.31. The fraction of sp³-hybridized carbons (Fsp3) is 0.258. The van der Waals surface area contributed by atoms with Crippen LogP contribution in [0.2, 0.25) is 0 Å². The molecule has 0 radical (unpaired) electrons. The van der Waals surface area contributed by atoms with E-state index in [1.165, 1.54) is 26.0 Å². The summed E-state index contributed by atoms with van der Waals surface area (Å²) in [7, 11) is 1.65. The molecule has 192 valence electrons. The summed E-state index contributed by atoms with van der Waals surface area (Å²) < 4.78 is 25.7. The van der Waals surface area contributed by atoms with Crippen LogP contribution >= 0.6 is 0 Å². The van der Waals surface area contributed by atoms with Gasteiger partial charge in [0.05, 0.1) is 7.11 Å². The van der Waals surface area contributed by atoms with Gasteiger partial charge in [-0.05, 0) is 97.1 Å². The second-order valence-electron chi connectivity index (χ2n) is 9.77. The molecular weight excluding hydrogens is 469 g/mol. The Balaban J connectivity index is 1.73. The lowest BCUT2D eigenvalue weighted by Crippen LogP contribution is -2.37. The average molecular weight is 502 g/mol. The zero-order valence-electron chi connectivity index (χ0n) is 21.7. The van der Waals surface area contributed by atoms with Gasteiger partial charge in [-0.2, -0.15) is 0 Å². The lowest BCUT2D eigenvalue weighted by molar-refractivity contribution is -0.152. The summed E-state index contributed by atoms with van der Waals surface area (Å²) in [5, 5.41) is 15.1. The first kappa shape index (κ1) is 26.2. The third-order valence-electron chi connectivity index (χ3n) is 6.55. The summed E-state index contributed by atoms with van der Waals surface area (Å²) in [6.45, 7) is 7.08. The maximum absolute atomic E-state index is 14.7. The van der Waals surface area contributed by atoms with Crippen molar-refractivity contribution in [1.82, 2.24) is 5.32 Å². The Morgan fingerprint density at radius 1 is 0.892 bits per heavy atom. The van der Waals surface area contributed by atoms with E-state index >= 15 is 0 Å².